The fraction of sp³-hybridized carbons (Fsp3) is 0.0714. The van der Waals surface area contributed by atoms with Gasteiger partial charge in [0.1, 0.15) is 0 Å². The minimum atomic E-state index is 0. The molecule has 0 atom stereocenters. The Hall–Kier alpha value is -1.18. The molecular weight excluding hydrogens is 395 g/mol. The lowest BCUT2D eigenvalue weighted by Crippen LogP contribution is -1.92. The van der Waals surface area contributed by atoms with E-state index in [0.29, 0.717) is 15.9 Å². The first kappa shape index (κ1) is 16.7. The van der Waals surface area contributed by atoms with Crippen LogP contribution in [0.1, 0.15) is 5.56 Å². The highest BCUT2D eigenvalue weighted by molar-refractivity contribution is 7.24. The molecule has 0 N–H and O–H groups in total. The number of aromatic nitrogens is 4. The highest BCUT2D eigenvalue weighted by Crippen LogP contribution is 2.36. The van der Waals surface area contributed by atoms with Gasteiger partial charge in [0.25, 0.3) is 0 Å². The van der Waals surface area contributed by atoms with Gasteiger partial charge in [-0.2, -0.15) is 9.61 Å². The SMILES string of the molecule is Cc1ccsc1-c1nn2c(-c3cccc(Cl)c3Cl)nnc2s1.Cl. The molecule has 0 aliphatic heterocycles. The first-order valence-electron chi connectivity index (χ1n) is 6.36. The van der Waals surface area contributed by atoms with Crippen LogP contribution in [0.3, 0.4) is 0 Å². The molecule has 0 amide bonds. The zero-order valence-electron chi connectivity index (χ0n) is 11.7. The van der Waals surface area contributed by atoms with E-state index in [-0.39, 0.29) is 12.4 Å². The Bertz CT molecular complexity index is 989. The van der Waals surface area contributed by atoms with Crippen LogP contribution >= 0.6 is 58.3 Å². The van der Waals surface area contributed by atoms with Crippen LogP contribution in [0.2, 0.25) is 10.0 Å². The maximum Gasteiger partial charge on any atom is 0.235 e. The van der Waals surface area contributed by atoms with Crippen LogP contribution in [0.5, 0.6) is 0 Å². The first-order chi connectivity index (χ1) is 10.6. The van der Waals surface area contributed by atoms with E-state index in [4.69, 9.17) is 23.2 Å². The van der Waals surface area contributed by atoms with Gasteiger partial charge in [-0.3, -0.25) is 0 Å². The summed E-state index contributed by atoms with van der Waals surface area (Å²) < 4.78 is 1.72. The summed E-state index contributed by atoms with van der Waals surface area (Å²) >= 11 is 15.5. The summed E-state index contributed by atoms with van der Waals surface area (Å²) in [5.41, 5.74) is 1.93. The molecule has 0 fully saturated rings. The molecule has 3 aromatic heterocycles. The number of benzene rings is 1. The van der Waals surface area contributed by atoms with Gasteiger partial charge in [-0.15, -0.1) is 33.9 Å². The normalized spacial score (nSPS) is 10.9. The third-order valence-corrected chi connectivity index (χ3v) is 6.13. The summed E-state index contributed by atoms with van der Waals surface area (Å²) in [6.07, 6.45) is 0. The fourth-order valence-electron chi connectivity index (χ4n) is 2.14. The Morgan fingerprint density at radius 2 is 1.96 bits per heavy atom. The van der Waals surface area contributed by atoms with Gasteiger partial charge in [0.2, 0.25) is 4.96 Å². The van der Waals surface area contributed by atoms with Crippen molar-refractivity contribution in [1.29, 1.82) is 0 Å². The molecule has 3 heterocycles. The minimum Gasteiger partial charge on any atom is -0.182 e. The van der Waals surface area contributed by atoms with Crippen LogP contribution in [0.25, 0.3) is 26.2 Å². The zero-order valence-corrected chi connectivity index (χ0v) is 15.6. The first-order valence-corrected chi connectivity index (χ1v) is 8.81. The van der Waals surface area contributed by atoms with E-state index in [1.54, 1.807) is 21.9 Å². The quantitative estimate of drug-likeness (QED) is 0.436. The summed E-state index contributed by atoms with van der Waals surface area (Å²) in [6.45, 7) is 2.07. The maximum absolute atomic E-state index is 6.28. The standard InChI is InChI=1S/C14H8Cl2N4S2.ClH/c1-7-5-6-21-11(7)13-19-20-12(17-18-14(20)22-13)8-3-2-4-9(15)10(8)16;/h2-6H,1H3;1H. The van der Waals surface area contributed by atoms with Crippen LogP contribution in [-0.2, 0) is 0 Å². The van der Waals surface area contributed by atoms with Gasteiger partial charge in [0.05, 0.1) is 14.9 Å². The van der Waals surface area contributed by atoms with E-state index in [1.165, 1.54) is 16.9 Å². The molecule has 0 saturated carbocycles. The molecule has 0 aliphatic carbocycles. The third-order valence-electron chi connectivity index (χ3n) is 3.24. The predicted octanol–water partition coefficient (Wildman–Crippen LogP) is 5.62. The molecule has 0 aliphatic rings. The number of halogens is 3. The Balaban J connectivity index is 0.00000156. The zero-order chi connectivity index (χ0) is 15.3. The van der Waals surface area contributed by atoms with Crippen LogP contribution < -0.4 is 0 Å². The number of aryl methyl sites for hydroxylation is 1. The molecule has 0 radical (unpaired) electrons. The van der Waals surface area contributed by atoms with Gasteiger partial charge in [0, 0.05) is 5.56 Å². The van der Waals surface area contributed by atoms with Crippen molar-refractivity contribution in [2.45, 2.75) is 6.92 Å². The molecule has 0 unspecified atom stereocenters. The van der Waals surface area contributed by atoms with Crippen molar-refractivity contribution in [1.82, 2.24) is 19.8 Å². The average molecular weight is 404 g/mol. The van der Waals surface area contributed by atoms with Crippen LogP contribution in [-0.4, -0.2) is 19.8 Å². The van der Waals surface area contributed by atoms with Crippen molar-refractivity contribution >= 4 is 63.2 Å². The Morgan fingerprint density at radius 1 is 1.13 bits per heavy atom. The van der Waals surface area contributed by atoms with Crippen molar-refractivity contribution < 1.29 is 0 Å². The molecule has 4 rings (SSSR count). The van der Waals surface area contributed by atoms with E-state index < -0.39 is 0 Å². The fourth-order valence-corrected chi connectivity index (χ4v) is 4.45. The Labute approximate surface area is 156 Å². The molecule has 0 bridgehead atoms. The van der Waals surface area contributed by atoms with Gasteiger partial charge in [-0.25, -0.2) is 0 Å². The lowest BCUT2D eigenvalue weighted by Gasteiger charge is -2.02. The molecule has 1 aromatic carbocycles. The summed E-state index contributed by atoms with van der Waals surface area (Å²) in [6, 6.07) is 7.52. The largest absolute Gasteiger partial charge is 0.235 e. The van der Waals surface area contributed by atoms with Gasteiger partial charge >= 0.3 is 0 Å². The summed E-state index contributed by atoms with van der Waals surface area (Å²) in [5, 5.41) is 17.0. The smallest absolute Gasteiger partial charge is 0.182 e. The second-order valence-corrected chi connectivity index (χ2v) is 7.32. The number of nitrogens with zero attached hydrogens (tertiary/aromatic N) is 4. The molecular formula is C14H9Cl3N4S2. The van der Waals surface area contributed by atoms with Crippen molar-refractivity contribution in [3.63, 3.8) is 0 Å². The summed E-state index contributed by atoms with van der Waals surface area (Å²) in [7, 11) is 0. The van der Waals surface area contributed by atoms with Crippen molar-refractivity contribution in [2.24, 2.45) is 0 Å². The Morgan fingerprint density at radius 3 is 2.70 bits per heavy atom. The molecule has 23 heavy (non-hydrogen) atoms. The van der Waals surface area contributed by atoms with Gasteiger partial charge in [0.15, 0.2) is 10.8 Å². The van der Waals surface area contributed by atoms with Gasteiger partial charge in [-0.1, -0.05) is 40.6 Å². The second kappa shape index (κ2) is 6.37. The molecule has 118 valence electrons. The highest BCUT2D eigenvalue weighted by Gasteiger charge is 2.18. The predicted molar refractivity (Wildman–Crippen MR) is 99.4 cm³/mol. The number of fused-ring (bicyclic) bond motifs is 1. The summed E-state index contributed by atoms with van der Waals surface area (Å²) in [4.78, 5) is 1.88. The second-order valence-electron chi connectivity index (χ2n) is 4.66. The van der Waals surface area contributed by atoms with E-state index in [1.807, 2.05) is 12.1 Å². The van der Waals surface area contributed by atoms with Gasteiger partial charge < -0.3 is 0 Å². The number of rotatable bonds is 2. The lowest BCUT2D eigenvalue weighted by molar-refractivity contribution is 0.971. The monoisotopic (exact) mass is 402 g/mol. The molecule has 4 nitrogen and oxygen atoms in total. The van der Waals surface area contributed by atoms with Crippen LogP contribution in [0.4, 0.5) is 0 Å². The Kier molecular flexibility index (Phi) is 4.62. The van der Waals surface area contributed by atoms with E-state index >= 15 is 0 Å². The van der Waals surface area contributed by atoms with E-state index in [9.17, 15) is 0 Å². The number of thiophene rings is 1. The number of hydrogen-bond acceptors (Lipinski definition) is 5. The van der Waals surface area contributed by atoms with Crippen molar-refractivity contribution in [3.05, 3.63) is 45.3 Å². The minimum absolute atomic E-state index is 0. The van der Waals surface area contributed by atoms with Crippen LogP contribution in [0, 0.1) is 6.92 Å². The van der Waals surface area contributed by atoms with Crippen molar-refractivity contribution in [3.8, 4) is 21.3 Å². The van der Waals surface area contributed by atoms with Crippen LogP contribution in [0.15, 0.2) is 29.6 Å². The topological polar surface area (TPSA) is 43.1 Å². The average Bonchev–Trinajstić information content (AvgIpc) is 3.17. The maximum atomic E-state index is 6.28. The van der Waals surface area contributed by atoms with Crippen molar-refractivity contribution in [2.75, 3.05) is 0 Å². The molecule has 4 aromatic rings. The molecule has 0 saturated heterocycles. The molecule has 9 heteroatoms. The lowest BCUT2D eigenvalue weighted by atomic mass is 10.2. The molecule has 0 spiro atoms. The summed E-state index contributed by atoms with van der Waals surface area (Å²) in [5.74, 6) is 0.596. The third kappa shape index (κ3) is 2.75. The van der Waals surface area contributed by atoms with E-state index in [0.717, 1.165) is 20.4 Å². The van der Waals surface area contributed by atoms with Gasteiger partial charge in [-0.05, 0) is 36.1 Å². The number of hydrogen-bond donors (Lipinski definition) is 0. The van der Waals surface area contributed by atoms with E-state index in [2.05, 4.69) is 33.7 Å². The highest BCUT2D eigenvalue weighted by atomic mass is 35.5.